The van der Waals surface area contributed by atoms with Gasteiger partial charge in [-0.1, -0.05) is 0 Å². The summed E-state index contributed by atoms with van der Waals surface area (Å²) in [5, 5.41) is 11.3. The number of hydrogen-bond acceptors (Lipinski definition) is 8. The number of carbonyl (C=O) groups is 1. The van der Waals surface area contributed by atoms with E-state index in [1.165, 1.54) is 23.9 Å². The summed E-state index contributed by atoms with van der Waals surface area (Å²) in [5.74, 6) is 0.0806. The maximum absolute atomic E-state index is 12.3. The highest BCUT2D eigenvalue weighted by Gasteiger charge is 2.19. The average molecular weight is 334 g/mol. The number of rotatable bonds is 5. The van der Waals surface area contributed by atoms with Crippen molar-refractivity contribution >= 4 is 28.1 Å². The van der Waals surface area contributed by atoms with E-state index >= 15 is 0 Å². The Labute approximate surface area is 137 Å². The molecule has 0 radical (unpaired) electrons. The van der Waals surface area contributed by atoms with Crippen LogP contribution in [-0.4, -0.2) is 47.1 Å². The maximum atomic E-state index is 12.3. The molecule has 122 valence electrons. The predicted octanol–water partition coefficient (Wildman–Crippen LogP) is 1.36. The summed E-state index contributed by atoms with van der Waals surface area (Å²) in [5.41, 5.74) is 0.797. The van der Waals surface area contributed by atoms with Crippen LogP contribution < -0.4 is 20.7 Å². The van der Waals surface area contributed by atoms with Crippen LogP contribution >= 0.6 is 11.3 Å². The van der Waals surface area contributed by atoms with Gasteiger partial charge in [0.25, 0.3) is 5.91 Å². The quantitative estimate of drug-likeness (QED) is 0.759. The molecule has 23 heavy (non-hydrogen) atoms. The Bertz CT molecular complexity index is 671. The Kier molecular flexibility index (Phi) is 4.99. The normalized spacial score (nSPS) is 15.2. The van der Waals surface area contributed by atoms with Crippen LogP contribution in [-0.2, 0) is 0 Å². The Morgan fingerprint density at radius 3 is 3.00 bits per heavy atom. The van der Waals surface area contributed by atoms with Crippen LogP contribution in [0.15, 0.2) is 17.9 Å². The number of piperidine rings is 1. The van der Waals surface area contributed by atoms with E-state index in [-0.39, 0.29) is 12.0 Å². The molecule has 1 fully saturated rings. The molecule has 1 aliphatic rings. The van der Waals surface area contributed by atoms with E-state index in [9.17, 15) is 4.79 Å². The van der Waals surface area contributed by atoms with Gasteiger partial charge in [-0.05, 0) is 25.9 Å². The summed E-state index contributed by atoms with van der Waals surface area (Å²) in [6.45, 7) is 1.84. The summed E-state index contributed by atoms with van der Waals surface area (Å²) in [6.07, 6.45) is 4.86. The summed E-state index contributed by atoms with van der Waals surface area (Å²) < 4.78 is 5.91. The smallest absolute Gasteiger partial charge is 0.275 e. The highest BCUT2D eigenvalue weighted by Crippen LogP contribution is 2.24. The monoisotopic (exact) mass is 334 g/mol. The third-order valence-electron chi connectivity index (χ3n) is 3.44. The van der Waals surface area contributed by atoms with Gasteiger partial charge in [-0.3, -0.25) is 4.79 Å². The molecule has 0 saturated carbocycles. The van der Waals surface area contributed by atoms with Gasteiger partial charge >= 0.3 is 0 Å². The van der Waals surface area contributed by atoms with Crippen molar-refractivity contribution in [3.63, 3.8) is 0 Å². The summed E-state index contributed by atoms with van der Waals surface area (Å²) in [7, 11) is 1.76. The zero-order valence-electron chi connectivity index (χ0n) is 12.7. The lowest BCUT2D eigenvalue weighted by atomic mass is 10.1. The first-order chi connectivity index (χ1) is 11.3. The highest BCUT2D eigenvalue weighted by atomic mass is 32.1. The van der Waals surface area contributed by atoms with Gasteiger partial charge in [0.1, 0.15) is 23.8 Å². The van der Waals surface area contributed by atoms with Crippen LogP contribution in [0.3, 0.4) is 0 Å². The zero-order valence-corrected chi connectivity index (χ0v) is 13.5. The van der Waals surface area contributed by atoms with Crippen molar-refractivity contribution in [2.24, 2.45) is 0 Å². The lowest BCUT2D eigenvalue weighted by Crippen LogP contribution is -2.34. The van der Waals surface area contributed by atoms with Crippen molar-refractivity contribution in [3.05, 3.63) is 23.6 Å². The Hall–Kier alpha value is -2.26. The van der Waals surface area contributed by atoms with Gasteiger partial charge in [-0.25, -0.2) is 9.97 Å². The number of amides is 1. The van der Waals surface area contributed by atoms with Crippen molar-refractivity contribution in [1.29, 1.82) is 0 Å². The van der Waals surface area contributed by atoms with Gasteiger partial charge < -0.3 is 20.7 Å². The van der Waals surface area contributed by atoms with Crippen LogP contribution in [0.1, 0.15) is 23.3 Å². The van der Waals surface area contributed by atoms with E-state index in [0.717, 1.165) is 25.9 Å². The standard InChI is InChI=1S/C14H18N6O2S/c1-15-14-20-11(7-23-14)12(21)19-10-6-17-8-18-13(10)22-9-2-4-16-5-3-9/h6-9,16H,2-5H2,1H3,(H,15,20)(H,19,21). The van der Waals surface area contributed by atoms with Gasteiger partial charge in [0.2, 0.25) is 5.88 Å². The van der Waals surface area contributed by atoms with Crippen molar-refractivity contribution in [2.75, 3.05) is 30.8 Å². The van der Waals surface area contributed by atoms with E-state index in [1.54, 1.807) is 12.4 Å². The van der Waals surface area contributed by atoms with Crippen molar-refractivity contribution in [3.8, 4) is 5.88 Å². The first-order valence-electron chi connectivity index (χ1n) is 7.38. The van der Waals surface area contributed by atoms with Gasteiger partial charge in [0, 0.05) is 12.4 Å². The van der Waals surface area contributed by atoms with Crippen LogP contribution in [0, 0.1) is 0 Å². The van der Waals surface area contributed by atoms with Crippen molar-refractivity contribution in [2.45, 2.75) is 18.9 Å². The molecule has 1 saturated heterocycles. The second-order valence-corrected chi connectivity index (χ2v) is 5.91. The number of aromatic nitrogens is 3. The fourth-order valence-corrected chi connectivity index (χ4v) is 2.90. The van der Waals surface area contributed by atoms with Gasteiger partial charge in [0.05, 0.1) is 6.20 Å². The van der Waals surface area contributed by atoms with Crippen LogP contribution in [0.25, 0.3) is 0 Å². The first kappa shape index (κ1) is 15.6. The number of carbonyl (C=O) groups excluding carboxylic acids is 1. The molecule has 0 aromatic carbocycles. The minimum atomic E-state index is -0.312. The predicted molar refractivity (Wildman–Crippen MR) is 88.2 cm³/mol. The third kappa shape index (κ3) is 3.93. The molecule has 0 atom stereocenters. The molecule has 0 aliphatic carbocycles. The molecule has 8 nitrogen and oxygen atoms in total. The molecular formula is C14H18N6O2S. The van der Waals surface area contributed by atoms with Gasteiger partial charge in [0.15, 0.2) is 5.13 Å². The molecule has 2 aromatic heterocycles. The van der Waals surface area contributed by atoms with Gasteiger partial charge in [-0.2, -0.15) is 4.98 Å². The fourth-order valence-electron chi connectivity index (χ4n) is 2.25. The van der Waals surface area contributed by atoms with Crippen LogP contribution in [0.4, 0.5) is 10.8 Å². The first-order valence-corrected chi connectivity index (χ1v) is 8.26. The number of hydrogen-bond donors (Lipinski definition) is 3. The molecule has 1 amide bonds. The molecule has 9 heteroatoms. The third-order valence-corrected chi connectivity index (χ3v) is 4.30. The SMILES string of the molecule is CNc1nc(C(=O)Nc2cncnc2OC2CCNCC2)cs1. The minimum absolute atomic E-state index is 0.0944. The van der Waals surface area contributed by atoms with Crippen molar-refractivity contribution in [1.82, 2.24) is 20.3 Å². The molecule has 0 unspecified atom stereocenters. The average Bonchev–Trinajstić information content (AvgIpc) is 3.07. The number of anilines is 2. The molecule has 3 heterocycles. The second-order valence-electron chi connectivity index (χ2n) is 5.05. The number of nitrogens with zero attached hydrogens (tertiary/aromatic N) is 3. The van der Waals surface area contributed by atoms with E-state index in [2.05, 4.69) is 30.9 Å². The lowest BCUT2D eigenvalue weighted by Gasteiger charge is -2.24. The lowest BCUT2D eigenvalue weighted by molar-refractivity contribution is 0.102. The fraction of sp³-hybridized carbons (Fsp3) is 0.429. The van der Waals surface area contributed by atoms with Gasteiger partial charge in [-0.15, -0.1) is 11.3 Å². The molecule has 3 rings (SSSR count). The molecule has 1 aliphatic heterocycles. The Morgan fingerprint density at radius 2 is 2.26 bits per heavy atom. The minimum Gasteiger partial charge on any atom is -0.473 e. The van der Waals surface area contributed by atoms with E-state index in [0.29, 0.717) is 22.4 Å². The molecule has 0 spiro atoms. The van der Waals surface area contributed by atoms with E-state index < -0.39 is 0 Å². The van der Waals surface area contributed by atoms with Crippen molar-refractivity contribution < 1.29 is 9.53 Å². The second kappa shape index (κ2) is 7.34. The number of nitrogens with one attached hydrogen (secondary N) is 3. The zero-order chi connectivity index (χ0) is 16.1. The topological polar surface area (TPSA) is 101 Å². The summed E-state index contributed by atoms with van der Waals surface area (Å²) in [6, 6.07) is 0. The number of thiazole rings is 1. The van der Waals surface area contributed by atoms with Crippen LogP contribution in [0.5, 0.6) is 5.88 Å². The van der Waals surface area contributed by atoms with Crippen LogP contribution in [0.2, 0.25) is 0 Å². The van der Waals surface area contributed by atoms with E-state index in [4.69, 9.17) is 4.74 Å². The number of ether oxygens (including phenoxy) is 1. The Morgan fingerprint density at radius 1 is 1.43 bits per heavy atom. The largest absolute Gasteiger partial charge is 0.473 e. The summed E-state index contributed by atoms with van der Waals surface area (Å²) in [4.78, 5) is 24.5. The maximum Gasteiger partial charge on any atom is 0.275 e. The molecular weight excluding hydrogens is 316 g/mol. The molecule has 2 aromatic rings. The molecule has 0 bridgehead atoms. The summed E-state index contributed by atoms with van der Waals surface area (Å²) >= 11 is 1.37. The molecule has 3 N–H and O–H groups in total. The van der Waals surface area contributed by atoms with E-state index in [1.807, 2.05) is 0 Å². The highest BCUT2D eigenvalue weighted by molar-refractivity contribution is 7.13. The Balaban J connectivity index is 1.70.